The monoisotopic (exact) mass is 361 g/mol. The van der Waals surface area contributed by atoms with Crippen molar-refractivity contribution in [2.45, 2.75) is 0 Å². The first-order valence-corrected chi connectivity index (χ1v) is 7.11. The molecule has 0 bridgehead atoms. The average molecular weight is 362 g/mol. The summed E-state index contributed by atoms with van der Waals surface area (Å²) in [6.45, 7) is 0. The summed E-state index contributed by atoms with van der Waals surface area (Å²) in [5.41, 5.74) is 0.145. The third-order valence-corrected chi connectivity index (χ3v) is 3.84. The molecule has 3 rings (SSSR count). The number of carbonyl (C=O) groups excluding carboxylic acids is 1. The maximum Gasteiger partial charge on any atom is 0.338 e. The number of carboxylic acid groups (broad SMARTS) is 1. The second-order valence-electron chi connectivity index (χ2n) is 4.66. The van der Waals surface area contributed by atoms with E-state index in [4.69, 9.17) is 0 Å². The Morgan fingerprint density at radius 1 is 1.14 bits per heavy atom. The normalized spacial score (nSPS) is 10.8. The summed E-state index contributed by atoms with van der Waals surface area (Å²) in [7, 11) is 0. The number of aromatic carboxylic acids is 1. The average Bonchev–Trinajstić information content (AvgIpc) is 2.88. The number of carbonyl (C=O) groups is 2. The van der Waals surface area contributed by atoms with E-state index >= 15 is 0 Å². The molecule has 2 heterocycles. The lowest BCUT2D eigenvalue weighted by molar-refractivity contribution is 0.0698. The molecule has 4 nitrogen and oxygen atoms in total. The van der Waals surface area contributed by atoms with E-state index in [1.54, 1.807) is 24.3 Å². The minimum atomic E-state index is -1.28. The number of carboxylic acids is 1. The zero-order chi connectivity index (χ0) is 15.9. The quantitative estimate of drug-likeness (QED) is 0.722. The molecular weight excluding hydrogens is 353 g/mol. The van der Waals surface area contributed by atoms with Gasteiger partial charge in [-0.1, -0.05) is 15.9 Å². The number of nitrogens with zero attached hydrogens (tertiary/aromatic N) is 1. The maximum absolute atomic E-state index is 13.9. The highest BCUT2D eigenvalue weighted by Crippen LogP contribution is 2.23. The van der Waals surface area contributed by atoms with Crippen molar-refractivity contribution in [3.8, 4) is 0 Å². The number of aromatic nitrogens is 1. The predicted octanol–water partition coefficient (Wildman–Crippen LogP) is 3.77. The number of rotatable bonds is 3. The summed E-state index contributed by atoms with van der Waals surface area (Å²) in [6, 6.07) is 10.4. The van der Waals surface area contributed by atoms with Crippen LogP contribution in [-0.2, 0) is 0 Å². The molecule has 2 aromatic heterocycles. The van der Waals surface area contributed by atoms with Crippen molar-refractivity contribution >= 4 is 33.2 Å². The van der Waals surface area contributed by atoms with Gasteiger partial charge in [0.2, 0.25) is 5.78 Å². The Labute approximate surface area is 132 Å². The van der Waals surface area contributed by atoms with Crippen molar-refractivity contribution < 1.29 is 19.1 Å². The minimum absolute atomic E-state index is 0.106. The van der Waals surface area contributed by atoms with Gasteiger partial charge in [-0.25, -0.2) is 9.18 Å². The Hall–Kier alpha value is -2.47. The summed E-state index contributed by atoms with van der Waals surface area (Å²) >= 11 is 3.28. The van der Waals surface area contributed by atoms with Crippen LogP contribution in [0, 0.1) is 5.82 Å². The molecule has 1 aromatic carbocycles. The minimum Gasteiger partial charge on any atom is -0.478 e. The van der Waals surface area contributed by atoms with Crippen molar-refractivity contribution in [3.05, 3.63) is 75.8 Å². The Morgan fingerprint density at radius 3 is 2.45 bits per heavy atom. The van der Waals surface area contributed by atoms with E-state index < -0.39 is 11.8 Å². The number of benzene rings is 1. The van der Waals surface area contributed by atoms with Gasteiger partial charge in [-0.15, -0.1) is 0 Å². The predicted molar refractivity (Wildman–Crippen MR) is 81.9 cm³/mol. The van der Waals surface area contributed by atoms with Gasteiger partial charge in [0, 0.05) is 16.2 Å². The van der Waals surface area contributed by atoms with E-state index in [1.807, 2.05) is 0 Å². The van der Waals surface area contributed by atoms with Gasteiger partial charge >= 0.3 is 5.97 Å². The molecule has 0 amide bonds. The van der Waals surface area contributed by atoms with E-state index in [1.165, 1.54) is 22.7 Å². The van der Waals surface area contributed by atoms with Crippen molar-refractivity contribution in [1.82, 2.24) is 4.40 Å². The first-order valence-electron chi connectivity index (χ1n) is 6.32. The summed E-state index contributed by atoms with van der Waals surface area (Å²) in [4.78, 5) is 23.9. The number of halogens is 2. The number of ketones is 1. The van der Waals surface area contributed by atoms with E-state index in [0.29, 0.717) is 5.56 Å². The standard InChI is InChI=1S/C16H9BrFNO3/c17-10-5-3-9(4-6-10)15(20)13-8-11(16(21)22)14-12(18)2-1-7-19(13)14/h1-8H,(H,21,22). The molecule has 0 aliphatic rings. The first-order chi connectivity index (χ1) is 10.5. The third-order valence-electron chi connectivity index (χ3n) is 3.31. The lowest BCUT2D eigenvalue weighted by atomic mass is 10.1. The van der Waals surface area contributed by atoms with Crippen LogP contribution in [0.2, 0.25) is 0 Å². The van der Waals surface area contributed by atoms with Gasteiger partial charge < -0.3 is 9.51 Å². The highest BCUT2D eigenvalue weighted by molar-refractivity contribution is 9.10. The molecule has 0 fully saturated rings. The number of pyridine rings is 1. The van der Waals surface area contributed by atoms with Crippen LogP contribution in [0.3, 0.4) is 0 Å². The van der Waals surface area contributed by atoms with Crippen LogP contribution in [0.4, 0.5) is 4.39 Å². The lowest BCUT2D eigenvalue weighted by Crippen LogP contribution is -2.05. The Kier molecular flexibility index (Phi) is 3.54. The zero-order valence-corrected chi connectivity index (χ0v) is 12.7. The zero-order valence-electron chi connectivity index (χ0n) is 11.1. The van der Waals surface area contributed by atoms with Gasteiger partial charge in [0.15, 0.2) is 0 Å². The molecule has 0 aliphatic carbocycles. The van der Waals surface area contributed by atoms with Crippen LogP contribution in [0.1, 0.15) is 26.4 Å². The van der Waals surface area contributed by atoms with Crippen molar-refractivity contribution in [3.63, 3.8) is 0 Å². The topological polar surface area (TPSA) is 58.8 Å². The molecule has 0 unspecified atom stereocenters. The molecule has 22 heavy (non-hydrogen) atoms. The van der Waals surface area contributed by atoms with Crippen LogP contribution in [0.25, 0.3) is 5.52 Å². The molecule has 0 spiro atoms. The molecule has 1 N–H and O–H groups in total. The fraction of sp³-hybridized carbons (Fsp3) is 0. The highest BCUT2D eigenvalue weighted by atomic mass is 79.9. The molecule has 0 radical (unpaired) electrons. The SMILES string of the molecule is O=C(O)c1cc(C(=O)c2ccc(Br)cc2)n2cccc(F)c12. The van der Waals surface area contributed by atoms with Gasteiger partial charge in [0.05, 0.1) is 16.8 Å². The first kappa shape index (κ1) is 14.5. The largest absolute Gasteiger partial charge is 0.478 e. The van der Waals surface area contributed by atoms with Gasteiger partial charge in [0.25, 0.3) is 0 Å². The molecule has 0 atom stereocenters. The second kappa shape index (κ2) is 5.38. The summed E-state index contributed by atoms with van der Waals surface area (Å²) in [5, 5.41) is 9.21. The van der Waals surface area contributed by atoms with Crippen LogP contribution < -0.4 is 0 Å². The van der Waals surface area contributed by atoms with E-state index in [-0.39, 0.29) is 22.6 Å². The Morgan fingerprint density at radius 2 is 1.82 bits per heavy atom. The second-order valence-corrected chi connectivity index (χ2v) is 5.57. The summed E-state index contributed by atoms with van der Waals surface area (Å²) in [5.74, 6) is -2.34. The van der Waals surface area contributed by atoms with Crippen LogP contribution in [0.15, 0.2) is 53.1 Å². The number of hydrogen-bond acceptors (Lipinski definition) is 2. The van der Waals surface area contributed by atoms with E-state index in [9.17, 15) is 19.1 Å². The highest BCUT2D eigenvalue weighted by Gasteiger charge is 2.22. The van der Waals surface area contributed by atoms with E-state index in [2.05, 4.69) is 15.9 Å². The fourth-order valence-electron chi connectivity index (χ4n) is 2.30. The maximum atomic E-state index is 13.9. The molecular formula is C16H9BrFNO3. The van der Waals surface area contributed by atoms with Crippen LogP contribution in [0.5, 0.6) is 0 Å². The van der Waals surface area contributed by atoms with Crippen molar-refractivity contribution in [1.29, 1.82) is 0 Å². The number of fused-ring (bicyclic) bond motifs is 1. The Balaban J connectivity index is 2.23. The van der Waals surface area contributed by atoms with Crippen LogP contribution in [-0.4, -0.2) is 21.3 Å². The summed E-state index contributed by atoms with van der Waals surface area (Å²) < 4.78 is 16.0. The van der Waals surface area contributed by atoms with Gasteiger partial charge in [-0.05, 0) is 42.5 Å². The smallest absolute Gasteiger partial charge is 0.338 e. The van der Waals surface area contributed by atoms with Gasteiger partial charge in [-0.3, -0.25) is 4.79 Å². The van der Waals surface area contributed by atoms with Crippen molar-refractivity contribution in [2.75, 3.05) is 0 Å². The third kappa shape index (κ3) is 2.31. The molecule has 6 heteroatoms. The molecule has 0 saturated heterocycles. The van der Waals surface area contributed by atoms with Crippen molar-refractivity contribution in [2.24, 2.45) is 0 Å². The molecule has 0 saturated carbocycles. The molecule has 110 valence electrons. The van der Waals surface area contributed by atoms with Crippen LogP contribution >= 0.6 is 15.9 Å². The molecule has 3 aromatic rings. The Bertz CT molecular complexity index is 900. The fourth-order valence-corrected chi connectivity index (χ4v) is 2.57. The van der Waals surface area contributed by atoms with Gasteiger partial charge in [0.1, 0.15) is 5.82 Å². The number of hydrogen-bond donors (Lipinski definition) is 1. The lowest BCUT2D eigenvalue weighted by Gasteiger charge is -2.03. The van der Waals surface area contributed by atoms with Gasteiger partial charge in [-0.2, -0.15) is 0 Å². The van der Waals surface area contributed by atoms with E-state index in [0.717, 1.165) is 10.5 Å². The molecule has 0 aliphatic heterocycles. The summed E-state index contributed by atoms with van der Waals surface area (Å²) in [6.07, 6.45) is 1.47.